The van der Waals surface area contributed by atoms with Crippen molar-refractivity contribution in [2.45, 2.75) is 19.9 Å². The van der Waals surface area contributed by atoms with E-state index in [-0.39, 0.29) is 5.56 Å². The summed E-state index contributed by atoms with van der Waals surface area (Å²) in [7, 11) is 0. The Hall–Kier alpha value is -1.14. The van der Waals surface area contributed by atoms with Gasteiger partial charge in [-0.3, -0.25) is 4.79 Å². The molecule has 0 aromatic carbocycles. The molecule has 1 aromatic rings. The summed E-state index contributed by atoms with van der Waals surface area (Å²) >= 11 is 3.28. The molecule has 0 saturated carbocycles. The predicted molar refractivity (Wildman–Crippen MR) is 76.0 cm³/mol. The summed E-state index contributed by atoms with van der Waals surface area (Å²) in [6, 6.07) is 0. The highest BCUT2D eigenvalue weighted by Crippen LogP contribution is 2.15. The van der Waals surface area contributed by atoms with Crippen LogP contribution in [0.4, 0.5) is 5.69 Å². The van der Waals surface area contributed by atoms with Gasteiger partial charge in [-0.2, -0.15) is 5.10 Å². The molecule has 0 aliphatic rings. The molecule has 0 aliphatic carbocycles. The van der Waals surface area contributed by atoms with Crippen molar-refractivity contribution < 1.29 is 4.74 Å². The Morgan fingerprint density at radius 1 is 1.67 bits per heavy atom. The van der Waals surface area contributed by atoms with E-state index in [0.717, 1.165) is 19.6 Å². The molecular formula is C12H18BrN3O2. The zero-order valence-corrected chi connectivity index (χ0v) is 12.1. The van der Waals surface area contributed by atoms with Crippen molar-refractivity contribution in [2.24, 2.45) is 0 Å². The van der Waals surface area contributed by atoms with Gasteiger partial charge in [0.05, 0.1) is 18.4 Å². The lowest BCUT2D eigenvalue weighted by atomic mass is 10.4. The van der Waals surface area contributed by atoms with E-state index in [1.807, 2.05) is 6.92 Å². The normalized spacial score (nSPS) is 10.3. The maximum atomic E-state index is 11.9. The molecule has 18 heavy (non-hydrogen) atoms. The number of hydrogen-bond donors (Lipinski definition) is 1. The molecule has 1 N–H and O–H groups in total. The molecule has 0 aliphatic heterocycles. The molecule has 0 amide bonds. The van der Waals surface area contributed by atoms with Crippen LogP contribution in [0.25, 0.3) is 0 Å². The van der Waals surface area contributed by atoms with Gasteiger partial charge in [0.1, 0.15) is 4.47 Å². The molecule has 0 fully saturated rings. The van der Waals surface area contributed by atoms with Gasteiger partial charge >= 0.3 is 0 Å². The van der Waals surface area contributed by atoms with Crippen LogP contribution in [0.5, 0.6) is 0 Å². The summed E-state index contributed by atoms with van der Waals surface area (Å²) < 4.78 is 7.08. The number of nitrogens with one attached hydrogen (secondary N) is 1. The molecule has 0 bridgehead atoms. The lowest BCUT2D eigenvalue weighted by Gasteiger charge is -2.09. The first kappa shape index (κ1) is 14.9. The fraction of sp³-hybridized carbons (Fsp3) is 0.500. The van der Waals surface area contributed by atoms with E-state index in [0.29, 0.717) is 23.3 Å². The quantitative estimate of drug-likeness (QED) is 0.589. The third-order valence-corrected chi connectivity index (χ3v) is 3.04. The lowest BCUT2D eigenvalue weighted by Crippen LogP contribution is -2.24. The van der Waals surface area contributed by atoms with Crippen molar-refractivity contribution in [3.63, 3.8) is 0 Å². The zero-order chi connectivity index (χ0) is 13.4. The average Bonchev–Trinajstić information content (AvgIpc) is 2.37. The highest BCUT2D eigenvalue weighted by Gasteiger charge is 2.07. The number of rotatable bonds is 8. The summed E-state index contributed by atoms with van der Waals surface area (Å²) in [4.78, 5) is 11.9. The van der Waals surface area contributed by atoms with E-state index in [4.69, 9.17) is 4.74 Å². The van der Waals surface area contributed by atoms with Gasteiger partial charge in [-0.15, -0.1) is 6.58 Å². The summed E-state index contributed by atoms with van der Waals surface area (Å²) in [5, 5.41) is 7.21. The molecule has 100 valence electrons. The predicted octanol–water partition coefficient (Wildman–Crippen LogP) is 2.03. The highest BCUT2D eigenvalue weighted by atomic mass is 79.9. The largest absolute Gasteiger partial charge is 0.383 e. The summed E-state index contributed by atoms with van der Waals surface area (Å²) in [6.45, 7) is 8.13. The van der Waals surface area contributed by atoms with Crippen LogP contribution in [-0.4, -0.2) is 29.5 Å². The van der Waals surface area contributed by atoms with Crippen molar-refractivity contribution in [3.05, 3.63) is 33.7 Å². The van der Waals surface area contributed by atoms with Crippen LogP contribution < -0.4 is 10.9 Å². The summed E-state index contributed by atoms with van der Waals surface area (Å²) in [5.41, 5.74) is 0.543. The molecular weight excluding hydrogens is 298 g/mol. The first-order valence-corrected chi connectivity index (χ1v) is 6.68. The molecule has 6 heteroatoms. The Kier molecular flexibility index (Phi) is 6.67. The Balaban J connectivity index is 2.59. The van der Waals surface area contributed by atoms with E-state index in [9.17, 15) is 4.79 Å². The monoisotopic (exact) mass is 315 g/mol. The van der Waals surface area contributed by atoms with Crippen LogP contribution in [0.2, 0.25) is 0 Å². The second-order valence-corrected chi connectivity index (χ2v) is 4.42. The molecule has 0 unspecified atom stereocenters. The first-order chi connectivity index (χ1) is 8.70. The van der Waals surface area contributed by atoms with Crippen molar-refractivity contribution in [2.75, 3.05) is 25.1 Å². The Morgan fingerprint density at radius 2 is 2.44 bits per heavy atom. The number of nitrogens with zero attached hydrogens (tertiary/aromatic N) is 2. The Bertz CT molecular complexity index is 445. The van der Waals surface area contributed by atoms with Crippen LogP contribution in [0.3, 0.4) is 0 Å². The lowest BCUT2D eigenvalue weighted by molar-refractivity contribution is 0.147. The number of halogens is 1. The first-order valence-electron chi connectivity index (χ1n) is 5.88. The van der Waals surface area contributed by atoms with E-state index >= 15 is 0 Å². The molecule has 0 saturated heterocycles. The smallest absolute Gasteiger partial charge is 0.283 e. The van der Waals surface area contributed by atoms with Crippen LogP contribution in [-0.2, 0) is 11.3 Å². The van der Waals surface area contributed by atoms with E-state index in [1.165, 1.54) is 4.68 Å². The van der Waals surface area contributed by atoms with Gasteiger partial charge in [0.15, 0.2) is 0 Å². The fourth-order valence-electron chi connectivity index (χ4n) is 1.38. The van der Waals surface area contributed by atoms with Gasteiger partial charge in [0.2, 0.25) is 0 Å². The molecule has 1 rings (SSSR count). The van der Waals surface area contributed by atoms with E-state index in [2.05, 4.69) is 32.9 Å². The Morgan fingerprint density at radius 3 is 3.11 bits per heavy atom. The van der Waals surface area contributed by atoms with Crippen molar-refractivity contribution in [1.82, 2.24) is 9.78 Å². The van der Waals surface area contributed by atoms with Gasteiger partial charge in [-0.05, 0) is 29.3 Å². The van der Waals surface area contributed by atoms with Crippen molar-refractivity contribution in [3.8, 4) is 0 Å². The molecule has 1 aromatic heterocycles. The minimum absolute atomic E-state index is 0.162. The maximum absolute atomic E-state index is 11.9. The molecule has 0 spiro atoms. The second kappa shape index (κ2) is 8.05. The minimum atomic E-state index is -0.162. The maximum Gasteiger partial charge on any atom is 0.283 e. The van der Waals surface area contributed by atoms with Gasteiger partial charge in [0, 0.05) is 19.8 Å². The third-order valence-electron chi connectivity index (χ3n) is 2.27. The Labute approximate surface area is 115 Å². The standard InChI is InChI=1S/C12H18BrN3O2/c1-3-7-16-12(17)11(13)10(9-15-16)14-6-5-8-18-4-2/h3,9,14H,1,4-8H2,2H3. The van der Waals surface area contributed by atoms with E-state index in [1.54, 1.807) is 12.3 Å². The second-order valence-electron chi connectivity index (χ2n) is 3.63. The van der Waals surface area contributed by atoms with Crippen LogP contribution in [0, 0.1) is 0 Å². The van der Waals surface area contributed by atoms with E-state index < -0.39 is 0 Å². The molecule has 1 heterocycles. The number of hydrogen-bond acceptors (Lipinski definition) is 4. The van der Waals surface area contributed by atoms with Gasteiger partial charge < -0.3 is 10.1 Å². The third kappa shape index (κ3) is 4.27. The van der Waals surface area contributed by atoms with Crippen LogP contribution in [0.1, 0.15) is 13.3 Å². The summed E-state index contributed by atoms with van der Waals surface area (Å²) in [6.07, 6.45) is 4.15. The molecule has 5 nitrogen and oxygen atoms in total. The summed E-state index contributed by atoms with van der Waals surface area (Å²) in [5.74, 6) is 0. The van der Waals surface area contributed by atoms with Gasteiger partial charge in [-0.1, -0.05) is 6.08 Å². The van der Waals surface area contributed by atoms with Gasteiger partial charge in [-0.25, -0.2) is 4.68 Å². The minimum Gasteiger partial charge on any atom is -0.383 e. The van der Waals surface area contributed by atoms with Crippen molar-refractivity contribution in [1.29, 1.82) is 0 Å². The topological polar surface area (TPSA) is 56.1 Å². The van der Waals surface area contributed by atoms with Crippen LogP contribution >= 0.6 is 15.9 Å². The van der Waals surface area contributed by atoms with Crippen molar-refractivity contribution >= 4 is 21.6 Å². The molecule has 0 radical (unpaired) electrons. The number of anilines is 1. The van der Waals surface area contributed by atoms with Crippen LogP contribution in [0.15, 0.2) is 28.1 Å². The zero-order valence-electron chi connectivity index (χ0n) is 10.5. The fourth-order valence-corrected chi connectivity index (χ4v) is 1.83. The van der Waals surface area contributed by atoms with Gasteiger partial charge in [0.25, 0.3) is 5.56 Å². The SMILES string of the molecule is C=CCn1ncc(NCCCOCC)c(Br)c1=O. The average molecular weight is 316 g/mol. The highest BCUT2D eigenvalue weighted by molar-refractivity contribution is 9.10. The number of aromatic nitrogens is 2. The number of allylic oxidation sites excluding steroid dienone is 1. The molecule has 0 atom stereocenters. The number of ether oxygens (including phenoxy) is 1.